The molecule has 7 heteroatoms. The summed E-state index contributed by atoms with van der Waals surface area (Å²) in [6.07, 6.45) is 1.82. The maximum absolute atomic E-state index is 4.69. The molecule has 2 rings (SSSR count). The fourth-order valence-electron chi connectivity index (χ4n) is 2.56. The molecule has 0 atom stereocenters. The highest BCUT2D eigenvalue weighted by Crippen LogP contribution is 2.12. The van der Waals surface area contributed by atoms with Crippen LogP contribution in [-0.2, 0) is 20.1 Å². The quantitative estimate of drug-likeness (QED) is 0.618. The SMILES string of the molecule is CCNC(=NCc1ccnc(N(C)C)c1)NCc1c(C)nn(C)c1C. The average molecular weight is 343 g/mol. The minimum Gasteiger partial charge on any atom is -0.363 e. The Labute approximate surface area is 150 Å². The van der Waals surface area contributed by atoms with E-state index in [1.54, 1.807) is 0 Å². The average Bonchev–Trinajstić information content (AvgIpc) is 2.83. The summed E-state index contributed by atoms with van der Waals surface area (Å²) in [4.78, 5) is 11.0. The predicted molar refractivity (Wildman–Crippen MR) is 103 cm³/mol. The van der Waals surface area contributed by atoms with Crippen molar-refractivity contribution in [2.75, 3.05) is 25.5 Å². The molecule has 25 heavy (non-hydrogen) atoms. The van der Waals surface area contributed by atoms with Crippen LogP contribution < -0.4 is 15.5 Å². The molecule has 136 valence electrons. The van der Waals surface area contributed by atoms with Gasteiger partial charge in [0.25, 0.3) is 0 Å². The topological polar surface area (TPSA) is 70.4 Å². The summed E-state index contributed by atoms with van der Waals surface area (Å²) in [6, 6.07) is 4.05. The number of hydrogen-bond donors (Lipinski definition) is 2. The maximum atomic E-state index is 4.69. The highest BCUT2D eigenvalue weighted by atomic mass is 15.3. The first-order chi connectivity index (χ1) is 11.9. The van der Waals surface area contributed by atoms with Crippen LogP contribution in [0.2, 0.25) is 0 Å². The summed E-state index contributed by atoms with van der Waals surface area (Å²) in [6.45, 7) is 8.31. The van der Waals surface area contributed by atoms with Crippen LogP contribution in [0.5, 0.6) is 0 Å². The van der Waals surface area contributed by atoms with E-state index in [-0.39, 0.29) is 0 Å². The Hall–Kier alpha value is -2.57. The first-order valence-corrected chi connectivity index (χ1v) is 8.55. The molecule has 0 aliphatic rings. The van der Waals surface area contributed by atoms with Gasteiger partial charge in [-0.25, -0.2) is 9.98 Å². The van der Waals surface area contributed by atoms with Gasteiger partial charge < -0.3 is 15.5 Å². The van der Waals surface area contributed by atoms with E-state index in [4.69, 9.17) is 0 Å². The van der Waals surface area contributed by atoms with E-state index in [0.29, 0.717) is 13.1 Å². The fraction of sp³-hybridized carbons (Fsp3) is 0.500. The molecule has 0 saturated heterocycles. The minimum atomic E-state index is 0.601. The molecule has 2 N–H and O–H groups in total. The van der Waals surface area contributed by atoms with Crippen LogP contribution >= 0.6 is 0 Å². The number of nitrogens with one attached hydrogen (secondary N) is 2. The van der Waals surface area contributed by atoms with Gasteiger partial charge >= 0.3 is 0 Å². The summed E-state index contributed by atoms with van der Waals surface area (Å²) in [5, 5.41) is 11.2. The molecule has 0 spiro atoms. The molecule has 0 aromatic carbocycles. The summed E-state index contributed by atoms with van der Waals surface area (Å²) in [5.74, 6) is 1.74. The van der Waals surface area contributed by atoms with E-state index in [0.717, 1.165) is 29.6 Å². The number of rotatable bonds is 6. The van der Waals surface area contributed by atoms with Crippen molar-refractivity contribution in [2.24, 2.45) is 12.0 Å². The van der Waals surface area contributed by atoms with E-state index in [2.05, 4.69) is 45.6 Å². The van der Waals surface area contributed by atoms with Gasteiger partial charge in [0.15, 0.2) is 5.96 Å². The van der Waals surface area contributed by atoms with Crippen molar-refractivity contribution in [2.45, 2.75) is 33.9 Å². The molecule has 2 aromatic rings. The van der Waals surface area contributed by atoms with Crippen molar-refractivity contribution >= 4 is 11.8 Å². The standard InChI is InChI=1S/C18H29N7/c1-7-19-18(22-12-16-13(2)23-25(6)14(16)3)21-11-15-8-9-20-17(10-15)24(4)5/h8-10H,7,11-12H2,1-6H3,(H2,19,21,22). The number of aliphatic imine (C=N–C) groups is 1. The lowest BCUT2D eigenvalue weighted by Crippen LogP contribution is -2.37. The van der Waals surface area contributed by atoms with E-state index < -0.39 is 0 Å². The molecule has 0 amide bonds. The van der Waals surface area contributed by atoms with Gasteiger partial charge in [-0.05, 0) is 38.5 Å². The van der Waals surface area contributed by atoms with Crippen LogP contribution in [0, 0.1) is 13.8 Å². The lowest BCUT2D eigenvalue weighted by atomic mass is 10.2. The van der Waals surface area contributed by atoms with E-state index in [1.807, 2.05) is 49.9 Å². The van der Waals surface area contributed by atoms with Gasteiger partial charge in [-0.15, -0.1) is 0 Å². The maximum Gasteiger partial charge on any atom is 0.191 e. The Morgan fingerprint density at radius 2 is 2.04 bits per heavy atom. The van der Waals surface area contributed by atoms with Crippen molar-refractivity contribution in [1.82, 2.24) is 25.4 Å². The number of aryl methyl sites for hydroxylation is 2. The van der Waals surface area contributed by atoms with Gasteiger partial charge in [0.05, 0.1) is 12.2 Å². The van der Waals surface area contributed by atoms with Gasteiger partial charge in [-0.2, -0.15) is 5.10 Å². The van der Waals surface area contributed by atoms with E-state index >= 15 is 0 Å². The first-order valence-electron chi connectivity index (χ1n) is 8.55. The summed E-state index contributed by atoms with van der Waals surface area (Å²) < 4.78 is 1.91. The molecule has 2 aromatic heterocycles. The molecular weight excluding hydrogens is 314 g/mol. The van der Waals surface area contributed by atoms with Crippen LogP contribution in [0.15, 0.2) is 23.3 Å². The summed E-state index contributed by atoms with van der Waals surface area (Å²) in [7, 11) is 5.94. The predicted octanol–water partition coefficient (Wildman–Crippen LogP) is 1.75. The number of pyridine rings is 1. The Morgan fingerprint density at radius 3 is 2.64 bits per heavy atom. The van der Waals surface area contributed by atoms with Gasteiger partial charge in [-0.3, -0.25) is 4.68 Å². The Bertz CT molecular complexity index is 731. The van der Waals surface area contributed by atoms with Crippen molar-refractivity contribution in [3.05, 3.63) is 40.8 Å². The lowest BCUT2D eigenvalue weighted by molar-refractivity contribution is 0.728. The highest BCUT2D eigenvalue weighted by molar-refractivity contribution is 5.79. The van der Waals surface area contributed by atoms with Crippen LogP contribution in [-0.4, -0.2) is 41.4 Å². The number of anilines is 1. The molecule has 0 saturated carbocycles. The molecule has 0 aliphatic heterocycles. The Kier molecular flexibility index (Phi) is 6.38. The normalized spacial score (nSPS) is 11.5. The van der Waals surface area contributed by atoms with Gasteiger partial charge in [0.2, 0.25) is 0 Å². The fourth-order valence-corrected chi connectivity index (χ4v) is 2.56. The Balaban J connectivity index is 2.06. The smallest absolute Gasteiger partial charge is 0.191 e. The van der Waals surface area contributed by atoms with Gasteiger partial charge in [0, 0.05) is 51.7 Å². The summed E-state index contributed by atoms with van der Waals surface area (Å²) in [5.41, 5.74) is 4.57. The molecule has 0 radical (unpaired) electrons. The van der Waals surface area contributed by atoms with Crippen LogP contribution in [0.25, 0.3) is 0 Å². The summed E-state index contributed by atoms with van der Waals surface area (Å²) >= 11 is 0. The largest absolute Gasteiger partial charge is 0.363 e. The monoisotopic (exact) mass is 343 g/mol. The zero-order valence-electron chi connectivity index (χ0n) is 16.1. The second-order valence-corrected chi connectivity index (χ2v) is 6.24. The second kappa shape index (κ2) is 8.50. The van der Waals surface area contributed by atoms with Crippen molar-refractivity contribution < 1.29 is 0 Å². The van der Waals surface area contributed by atoms with Crippen molar-refractivity contribution in [1.29, 1.82) is 0 Å². The molecular formula is C18H29N7. The highest BCUT2D eigenvalue weighted by Gasteiger charge is 2.09. The molecule has 0 aliphatic carbocycles. The third-order valence-corrected chi connectivity index (χ3v) is 4.12. The minimum absolute atomic E-state index is 0.601. The number of nitrogens with zero attached hydrogens (tertiary/aromatic N) is 5. The van der Waals surface area contributed by atoms with Gasteiger partial charge in [-0.1, -0.05) is 0 Å². The molecule has 0 unspecified atom stereocenters. The third-order valence-electron chi connectivity index (χ3n) is 4.12. The van der Waals surface area contributed by atoms with E-state index in [1.165, 1.54) is 11.3 Å². The van der Waals surface area contributed by atoms with Crippen LogP contribution in [0.4, 0.5) is 5.82 Å². The molecule has 2 heterocycles. The van der Waals surface area contributed by atoms with Crippen LogP contribution in [0.3, 0.4) is 0 Å². The van der Waals surface area contributed by atoms with E-state index in [9.17, 15) is 0 Å². The molecule has 0 fully saturated rings. The van der Waals surface area contributed by atoms with Crippen molar-refractivity contribution in [3.63, 3.8) is 0 Å². The number of hydrogen-bond acceptors (Lipinski definition) is 4. The molecule has 7 nitrogen and oxygen atoms in total. The first kappa shape index (κ1) is 18.8. The number of guanidine groups is 1. The zero-order valence-corrected chi connectivity index (χ0v) is 16.1. The second-order valence-electron chi connectivity index (χ2n) is 6.24. The number of aromatic nitrogens is 3. The van der Waals surface area contributed by atoms with Crippen LogP contribution in [0.1, 0.15) is 29.4 Å². The zero-order chi connectivity index (χ0) is 18.4. The Morgan fingerprint density at radius 1 is 1.28 bits per heavy atom. The molecule has 0 bridgehead atoms. The van der Waals surface area contributed by atoms with Crippen molar-refractivity contribution in [3.8, 4) is 0 Å². The van der Waals surface area contributed by atoms with Gasteiger partial charge in [0.1, 0.15) is 5.82 Å². The third kappa shape index (κ3) is 4.95. The lowest BCUT2D eigenvalue weighted by Gasteiger charge is -2.13.